The van der Waals surface area contributed by atoms with E-state index in [-0.39, 0.29) is 0 Å². The number of hydrogen-bond acceptors (Lipinski definition) is 3. The van der Waals surface area contributed by atoms with Crippen LogP contribution in [-0.4, -0.2) is 24.9 Å². The van der Waals surface area contributed by atoms with Crippen molar-refractivity contribution in [2.75, 3.05) is 0 Å². The Balaban J connectivity index is 2.97. The molecule has 0 saturated carbocycles. The van der Waals surface area contributed by atoms with E-state index in [1.54, 1.807) is 0 Å². The van der Waals surface area contributed by atoms with Gasteiger partial charge < -0.3 is 14.6 Å². The molecule has 2 N–H and O–H groups in total. The predicted octanol–water partition coefficient (Wildman–Crippen LogP) is 0.590. The Morgan fingerprint density at radius 3 is 2.64 bits per heavy atom. The minimum atomic E-state index is -0.836. The number of unbranched alkanes of at least 4 members (excludes halogenated alkanes) is 3. The quantitative estimate of drug-likeness (QED) is 0.419. The molecule has 5 heteroatoms. The zero-order valence-corrected chi connectivity index (χ0v) is 6.99. The molecule has 0 aromatic rings. The summed E-state index contributed by atoms with van der Waals surface area (Å²) in [4.78, 5) is 0. The van der Waals surface area contributed by atoms with Gasteiger partial charge in [0.2, 0.25) is 0 Å². The molecule has 0 heterocycles. The molecule has 0 unspecified atom stereocenters. The summed E-state index contributed by atoms with van der Waals surface area (Å²) < 4.78 is 4.41. The molecule has 0 aliphatic carbocycles. The largest absolute Gasteiger partial charge is 0.470 e. The smallest absolute Gasteiger partial charge is 0.453 e. The van der Waals surface area contributed by atoms with Crippen molar-refractivity contribution in [3.63, 3.8) is 0 Å². The average molecular weight is 157 g/mol. The van der Waals surface area contributed by atoms with Crippen molar-refractivity contribution in [3.8, 4) is 0 Å². The molecule has 3 nitrogen and oxygen atoms in total. The van der Waals surface area contributed by atoms with Crippen LogP contribution in [-0.2, 0) is 4.57 Å². The van der Waals surface area contributed by atoms with E-state index >= 15 is 0 Å². The zero-order valence-electron chi connectivity index (χ0n) is 6.99. The van der Waals surface area contributed by atoms with Crippen LogP contribution in [0.15, 0.2) is 0 Å². The standard InChI is InChI=1S/C6H15B2O3/c1-2-3-4-5-6-8(10)11-7-9/h9-10H,2-6H2,1H3. The molecule has 0 fully saturated rings. The van der Waals surface area contributed by atoms with E-state index in [2.05, 4.69) is 11.5 Å². The Hall–Kier alpha value is 0.00987. The van der Waals surface area contributed by atoms with Gasteiger partial charge in [-0.05, 0) is 6.32 Å². The molecule has 0 atom stereocenters. The maximum atomic E-state index is 8.94. The molecule has 0 aliphatic heterocycles. The molecule has 0 spiro atoms. The second kappa shape index (κ2) is 8.11. The van der Waals surface area contributed by atoms with E-state index in [1.807, 2.05) is 0 Å². The average Bonchev–Trinajstić information content (AvgIpc) is 1.99. The fourth-order valence-corrected chi connectivity index (χ4v) is 0.884. The molecule has 0 aliphatic rings. The van der Waals surface area contributed by atoms with Crippen molar-refractivity contribution in [3.05, 3.63) is 0 Å². The first-order valence-corrected chi connectivity index (χ1v) is 4.10. The van der Waals surface area contributed by atoms with E-state index in [0.717, 1.165) is 12.8 Å². The molecular formula is C6H15B2O3. The first-order chi connectivity index (χ1) is 5.31. The molecule has 0 aromatic heterocycles. The van der Waals surface area contributed by atoms with Crippen LogP contribution < -0.4 is 0 Å². The molecular weight excluding hydrogens is 142 g/mol. The highest BCUT2D eigenvalue weighted by Gasteiger charge is 2.10. The molecule has 0 bridgehead atoms. The van der Waals surface area contributed by atoms with Crippen LogP contribution in [0.1, 0.15) is 32.6 Å². The van der Waals surface area contributed by atoms with E-state index in [0.29, 0.717) is 14.0 Å². The monoisotopic (exact) mass is 157 g/mol. The Bertz CT molecular complexity index is 82.2. The topological polar surface area (TPSA) is 49.7 Å². The highest BCUT2D eigenvalue weighted by Crippen LogP contribution is 2.04. The lowest BCUT2D eigenvalue weighted by Crippen LogP contribution is -2.19. The first-order valence-electron chi connectivity index (χ1n) is 4.10. The molecule has 0 saturated heterocycles. The molecule has 0 amide bonds. The van der Waals surface area contributed by atoms with Gasteiger partial charge in [0.1, 0.15) is 0 Å². The van der Waals surface area contributed by atoms with E-state index < -0.39 is 7.12 Å². The zero-order chi connectivity index (χ0) is 8.53. The van der Waals surface area contributed by atoms with Crippen molar-refractivity contribution >= 4 is 14.8 Å². The fraction of sp³-hybridized carbons (Fsp3) is 1.00. The van der Waals surface area contributed by atoms with Crippen molar-refractivity contribution in [2.45, 2.75) is 38.9 Å². The van der Waals surface area contributed by atoms with Gasteiger partial charge in [-0.3, -0.25) is 0 Å². The van der Waals surface area contributed by atoms with Crippen LogP contribution in [0.5, 0.6) is 0 Å². The third-order valence-electron chi connectivity index (χ3n) is 1.52. The van der Waals surface area contributed by atoms with Crippen LogP contribution in [0, 0.1) is 0 Å². The molecule has 0 rings (SSSR count). The van der Waals surface area contributed by atoms with Gasteiger partial charge in [0.05, 0.1) is 0 Å². The molecule has 63 valence electrons. The third-order valence-corrected chi connectivity index (χ3v) is 1.52. The van der Waals surface area contributed by atoms with E-state index in [9.17, 15) is 0 Å². The summed E-state index contributed by atoms with van der Waals surface area (Å²) in [6.07, 6.45) is 5.03. The number of hydrogen-bond donors (Lipinski definition) is 2. The van der Waals surface area contributed by atoms with Gasteiger partial charge in [0.25, 0.3) is 0 Å². The summed E-state index contributed by atoms with van der Waals surface area (Å²) >= 11 is 0. The van der Waals surface area contributed by atoms with Crippen molar-refractivity contribution in [1.29, 1.82) is 0 Å². The van der Waals surface area contributed by atoms with Crippen LogP contribution in [0.25, 0.3) is 0 Å². The summed E-state index contributed by atoms with van der Waals surface area (Å²) in [6.45, 7) is 2.13. The fourth-order valence-electron chi connectivity index (χ4n) is 0.884. The second-order valence-corrected chi connectivity index (χ2v) is 2.55. The molecule has 1 radical (unpaired) electrons. The van der Waals surface area contributed by atoms with Crippen LogP contribution >= 0.6 is 0 Å². The van der Waals surface area contributed by atoms with Gasteiger partial charge in [0, 0.05) is 0 Å². The third kappa shape index (κ3) is 7.91. The maximum Gasteiger partial charge on any atom is 0.470 e. The molecule has 0 aromatic carbocycles. The minimum absolute atomic E-state index is 0.532. The van der Waals surface area contributed by atoms with Gasteiger partial charge >= 0.3 is 14.8 Å². The second-order valence-electron chi connectivity index (χ2n) is 2.55. The summed E-state index contributed by atoms with van der Waals surface area (Å²) in [5, 5.41) is 17.1. The summed E-state index contributed by atoms with van der Waals surface area (Å²) in [7, 11) is -0.304. The predicted molar refractivity (Wildman–Crippen MR) is 46.0 cm³/mol. The Morgan fingerprint density at radius 1 is 1.36 bits per heavy atom. The van der Waals surface area contributed by atoms with Gasteiger partial charge in [-0.1, -0.05) is 32.6 Å². The number of rotatable bonds is 7. The summed E-state index contributed by atoms with van der Waals surface area (Å²) in [6, 6.07) is 0. The van der Waals surface area contributed by atoms with Gasteiger partial charge in [-0.2, -0.15) is 0 Å². The van der Waals surface area contributed by atoms with E-state index in [1.165, 1.54) is 12.8 Å². The van der Waals surface area contributed by atoms with Crippen LogP contribution in [0.3, 0.4) is 0 Å². The summed E-state index contributed by atoms with van der Waals surface area (Å²) in [5.41, 5.74) is 0. The molecule has 11 heavy (non-hydrogen) atoms. The highest BCUT2D eigenvalue weighted by molar-refractivity contribution is 6.49. The normalized spacial score (nSPS) is 9.73. The Labute approximate surface area is 69.2 Å². The van der Waals surface area contributed by atoms with Crippen molar-refractivity contribution in [1.82, 2.24) is 0 Å². The van der Waals surface area contributed by atoms with Gasteiger partial charge in [-0.15, -0.1) is 0 Å². The lowest BCUT2D eigenvalue weighted by molar-refractivity contribution is 0.376. The first kappa shape index (κ1) is 11.0. The van der Waals surface area contributed by atoms with E-state index in [4.69, 9.17) is 10.0 Å². The van der Waals surface area contributed by atoms with Crippen LogP contribution in [0.4, 0.5) is 0 Å². The summed E-state index contributed by atoms with van der Waals surface area (Å²) in [5.74, 6) is 0. The highest BCUT2D eigenvalue weighted by atomic mass is 16.5. The minimum Gasteiger partial charge on any atom is -0.453 e. The Kier molecular flexibility index (Phi) is 8.12. The lowest BCUT2D eigenvalue weighted by atomic mass is 9.81. The maximum absolute atomic E-state index is 8.94. The Morgan fingerprint density at radius 2 is 2.09 bits per heavy atom. The van der Waals surface area contributed by atoms with Crippen molar-refractivity contribution in [2.24, 2.45) is 0 Å². The lowest BCUT2D eigenvalue weighted by Gasteiger charge is -2.03. The van der Waals surface area contributed by atoms with Crippen molar-refractivity contribution < 1.29 is 14.6 Å². The van der Waals surface area contributed by atoms with Crippen LogP contribution in [0.2, 0.25) is 6.32 Å². The van der Waals surface area contributed by atoms with Gasteiger partial charge in [0.15, 0.2) is 0 Å². The van der Waals surface area contributed by atoms with Gasteiger partial charge in [-0.25, -0.2) is 0 Å². The SMILES string of the molecule is CCCCCCB(O)O[B]O.